The van der Waals surface area contributed by atoms with Gasteiger partial charge in [-0.2, -0.15) is 0 Å². The maximum Gasteiger partial charge on any atom is 0.330 e. The second kappa shape index (κ2) is 4.49. The van der Waals surface area contributed by atoms with Crippen LogP contribution in [0.25, 0.3) is 0 Å². The van der Waals surface area contributed by atoms with Crippen LogP contribution in [0.2, 0.25) is 18.1 Å². The number of cyclic esters (lactones) is 1. The Morgan fingerprint density at radius 1 is 1.33 bits per heavy atom. The van der Waals surface area contributed by atoms with Gasteiger partial charge in [0.15, 0.2) is 8.32 Å². The molecular weight excluding hydrogens is 244 g/mol. The predicted octanol–water partition coefficient (Wildman–Crippen LogP) is 3.27. The Hall–Kier alpha value is -0.613. The van der Waals surface area contributed by atoms with Crippen LogP contribution in [-0.2, 0) is 14.0 Å². The van der Waals surface area contributed by atoms with Crippen LogP contribution in [0.1, 0.15) is 33.6 Å². The number of hydrogen-bond donors (Lipinski definition) is 0. The molecule has 2 aliphatic rings. The first-order valence-corrected chi connectivity index (χ1v) is 9.67. The minimum absolute atomic E-state index is 0.142. The molecule has 1 aliphatic carbocycles. The summed E-state index contributed by atoms with van der Waals surface area (Å²) in [5, 5.41) is 0.209. The molecule has 0 spiro atoms. The monoisotopic (exact) mass is 268 g/mol. The number of rotatable bonds is 2. The second-order valence-electron chi connectivity index (χ2n) is 6.92. The maximum atomic E-state index is 11.4. The molecule has 102 valence electrons. The lowest BCUT2D eigenvalue weighted by Gasteiger charge is -2.39. The third-order valence-corrected chi connectivity index (χ3v) is 9.06. The standard InChI is InChI=1S/C14H24O3Si/c1-14(2,3)18(4,5)17-12-7-6-10-9-16-13(15)8-11(10)12/h8,10,12H,6-7,9H2,1-5H3/t10-,12+/m1/s1. The van der Waals surface area contributed by atoms with Gasteiger partial charge in [0.1, 0.15) is 0 Å². The van der Waals surface area contributed by atoms with E-state index < -0.39 is 8.32 Å². The van der Waals surface area contributed by atoms with Crippen molar-refractivity contribution in [3.05, 3.63) is 11.6 Å². The van der Waals surface area contributed by atoms with E-state index in [2.05, 4.69) is 33.9 Å². The summed E-state index contributed by atoms with van der Waals surface area (Å²) in [5.74, 6) is 0.199. The zero-order valence-corrected chi connectivity index (χ0v) is 13.1. The van der Waals surface area contributed by atoms with Crippen LogP contribution < -0.4 is 0 Å². The Morgan fingerprint density at radius 2 is 2.00 bits per heavy atom. The van der Waals surface area contributed by atoms with Crippen LogP contribution in [-0.4, -0.2) is 27.0 Å². The fraction of sp³-hybridized carbons (Fsp3) is 0.786. The summed E-state index contributed by atoms with van der Waals surface area (Å²) < 4.78 is 11.5. The summed E-state index contributed by atoms with van der Waals surface area (Å²) in [4.78, 5) is 11.4. The van der Waals surface area contributed by atoms with E-state index >= 15 is 0 Å². The van der Waals surface area contributed by atoms with Gasteiger partial charge in [-0.25, -0.2) is 4.79 Å². The Labute approximate surface area is 111 Å². The Kier molecular flexibility index (Phi) is 3.45. The van der Waals surface area contributed by atoms with Gasteiger partial charge in [-0.1, -0.05) is 20.8 Å². The molecule has 0 aromatic carbocycles. The number of carbonyl (C=O) groups excluding carboxylic acids is 1. The molecule has 2 rings (SSSR count). The zero-order valence-electron chi connectivity index (χ0n) is 12.1. The number of hydrogen-bond acceptors (Lipinski definition) is 3. The van der Waals surface area contributed by atoms with Crippen molar-refractivity contribution in [3.63, 3.8) is 0 Å². The molecule has 0 radical (unpaired) electrons. The first-order valence-electron chi connectivity index (χ1n) is 6.77. The molecule has 0 unspecified atom stereocenters. The highest BCUT2D eigenvalue weighted by Gasteiger charge is 2.43. The summed E-state index contributed by atoms with van der Waals surface area (Å²) in [5.41, 5.74) is 1.18. The molecule has 4 heteroatoms. The van der Waals surface area contributed by atoms with Crippen LogP contribution in [0.3, 0.4) is 0 Å². The fourth-order valence-corrected chi connectivity index (χ4v) is 3.68. The van der Waals surface area contributed by atoms with E-state index in [1.165, 1.54) is 5.57 Å². The summed E-state index contributed by atoms with van der Waals surface area (Å²) in [6.45, 7) is 11.8. The lowest BCUT2D eigenvalue weighted by Crippen LogP contribution is -2.44. The van der Waals surface area contributed by atoms with Gasteiger partial charge in [-0.15, -0.1) is 0 Å². The van der Waals surface area contributed by atoms with Gasteiger partial charge in [0.2, 0.25) is 0 Å². The van der Waals surface area contributed by atoms with E-state index in [-0.39, 0.29) is 17.1 Å². The van der Waals surface area contributed by atoms with Crippen molar-refractivity contribution in [1.82, 2.24) is 0 Å². The van der Waals surface area contributed by atoms with Crippen LogP contribution in [0.15, 0.2) is 11.6 Å². The first kappa shape index (κ1) is 13.8. The molecule has 1 heterocycles. The van der Waals surface area contributed by atoms with E-state index in [0.717, 1.165) is 12.8 Å². The minimum Gasteiger partial charge on any atom is -0.462 e. The van der Waals surface area contributed by atoms with Crippen LogP contribution in [0, 0.1) is 5.92 Å². The number of fused-ring (bicyclic) bond motifs is 1. The summed E-state index contributed by atoms with van der Waals surface area (Å²) in [6, 6.07) is 0. The summed E-state index contributed by atoms with van der Waals surface area (Å²) in [7, 11) is -1.76. The maximum absolute atomic E-state index is 11.4. The van der Waals surface area contributed by atoms with Gasteiger partial charge >= 0.3 is 5.97 Å². The predicted molar refractivity (Wildman–Crippen MR) is 73.8 cm³/mol. The van der Waals surface area contributed by atoms with Gasteiger partial charge in [-0.3, -0.25) is 0 Å². The average molecular weight is 268 g/mol. The van der Waals surface area contributed by atoms with Crippen molar-refractivity contribution in [2.75, 3.05) is 6.61 Å². The highest BCUT2D eigenvalue weighted by molar-refractivity contribution is 6.74. The van der Waals surface area contributed by atoms with Gasteiger partial charge in [-0.05, 0) is 36.5 Å². The number of ether oxygens (including phenoxy) is 1. The normalized spacial score (nSPS) is 28.7. The van der Waals surface area contributed by atoms with Crippen LogP contribution >= 0.6 is 0 Å². The van der Waals surface area contributed by atoms with Crippen LogP contribution in [0.4, 0.5) is 0 Å². The highest BCUT2D eigenvalue weighted by atomic mass is 28.4. The van der Waals surface area contributed by atoms with E-state index in [1.54, 1.807) is 6.08 Å². The average Bonchev–Trinajstić information content (AvgIpc) is 2.59. The second-order valence-corrected chi connectivity index (χ2v) is 11.7. The van der Waals surface area contributed by atoms with E-state index in [4.69, 9.17) is 9.16 Å². The molecule has 1 fully saturated rings. The zero-order chi connectivity index (χ0) is 13.6. The number of carbonyl (C=O) groups is 1. The van der Waals surface area contributed by atoms with E-state index in [0.29, 0.717) is 12.5 Å². The largest absolute Gasteiger partial charge is 0.462 e. The van der Waals surface area contributed by atoms with Crippen molar-refractivity contribution in [2.45, 2.75) is 57.8 Å². The molecule has 0 saturated heterocycles. The molecule has 2 atom stereocenters. The smallest absolute Gasteiger partial charge is 0.330 e. The van der Waals surface area contributed by atoms with Crippen molar-refractivity contribution >= 4 is 14.3 Å². The molecule has 1 saturated carbocycles. The molecule has 3 nitrogen and oxygen atoms in total. The Balaban J connectivity index is 2.14. The molecular formula is C14H24O3Si. The summed E-state index contributed by atoms with van der Waals surface area (Å²) in [6.07, 6.45) is 3.92. The molecule has 0 bridgehead atoms. The molecule has 0 amide bonds. The molecule has 18 heavy (non-hydrogen) atoms. The third-order valence-electron chi connectivity index (χ3n) is 4.57. The van der Waals surface area contributed by atoms with Gasteiger partial charge < -0.3 is 9.16 Å². The fourth-order valence-electron chi connectivity index (χ4n) is 2.36. The van der Waals surface area contributed by atoms with Crippen LogP contribution in [0.5, 0.6) is 0 Å². The SMILES string of the molecule is CC(C)(C)[Si](C)(C)O[C@H]1CC[C@@H]2COC(=O)C=C21. The van der Waals surface area contributed by atoms with Crippen molar-refractivity contribution in [3.8, 4) is 0 Å². The van der Waals surface area contributed by atoms with Crippen molar-refractivity contribution in [1.29, 1.82) is 0 Å². The molecule has 0 N–H and O–H groups in total. The van der Waals surface area contributed by atoms with Gasteiger partial charge in [0, 0.05) is 12.0 Å². The van der Waals surface area contributed by atoms with E-state index in [9.17, 15) is 4.79 Å². The number of esters is 1. The van der Waals surface area contributed by atoms with Crippen molar-refractivity contribution < 1.29 is 14.0 Å². The first-order chi connectivity index (χ1) is 8.21. The third kappa shape index (κ3) is 2.54. The molecule has 0 aromatic rings. The Morgan fingerprint density at radius 3 is 2.61 bits per heavy atom. The topological polar surface area (TPSA) is 35.5 Å². The Bertz CT molecular complexity index is 379. The highest BCUT2D eigenvalue weighted by Crippen LogP contribution is 2.43. The van der Waals surface area contributed by atoms with Gasteiger partial charge in [0.25, 0.3) is 0 Å². The lowest BCUT2D eigenvalue weighted by atomic mass is 10.0. The summed E-state index contributed by atoms with van der Waals surface area (Å²) >= 11 is 0. The lowest BCUT2D eigenvalue weighted by molar-refractivity contribution is -0.140. The quantitative estimate of drug-likeness (QED) is 0.569. The molecule has 1 aliphatic heterocycles. The molecule has 0 aromatic heterocycles. The van der Waals surface area contributed by atoms with E-state index in [1.807, 2.05) is 0 Å². The minimum atomic E-state index is -1.76. The van der Waals surface area contributed by atoms with Crippen molar-refractivity contribution in [2.24, 2.45) is 5.92 Å². The van der Waals surface area contributed by atoms with Gasteiger partial charge in [0.05, 0.1) is 12.7 Å².